The van der Waals surface area contributed by atoms with Gasteiger partial charge in [0.2, 0.25) is 5.60 Å². The lowest BCUT2D eigenvalue weighted by Gasteiger charge is -2.28. The van der Waals surface area contributed by atoms with Crippen molar-refractivity contribution in [3.05, 3.63) is 18.0 Å². The lowest BCUT2D eigenvalue weighted by molar-refractivity contribution is -0.242. The third-order valence-electron chi connectivity index (χ3n) is 4.24. The molecule has 1 atom stereocenters. The summed E-state index contributed by atoms with van der Waals surface area (Å²) in [5.74, 6) is 0.00535. The Morgan fingerprint density at radius 1 is 1.41 bits per heavy atom. The van der Waals surface area contributed by atoms with Gasteiger partial charge in [0.25, 0.3) is 0 Å². The Bertz CT molecular complexity index is 810. The number of alkyl halides is 3. The van der Waals surface area contributed by atoms with Gasteiger partial charge in [-0.25, -0.2) is 13.2 Å². The van der Waals surface area contributed by atoms with Crippen LogP contribution in [0.2, 0.25) is 0 Å². The van der Waals surface area contributed by atoms with Crippen molar-refractivity contribution in [2.45, 2.75) is 39.0 Å². The highest BCUT2D eigenvalue weighted by atomic mass is 32.2. The highest BCUT2D eigenvalue weighted by molar-refractivity contribution is 7.91. The van der Waals surface area contributed by atoms with E-state index in [1.54, 1.807) is 6.92 Å². The standard InChI is InChI=1S/C16H22F3N3O4S/c1-4-27(24,25)9-10-5-12-13(20-7-10)6-11(8-21-12)22-14(23)26-15(2,3)16(17,18)19/h6,8,10,20H,4-5,7,9H2,1-3H3,(H,22,23). The molecular formula is C16H22F3N3O4S. The number of pyridine rings is 1. The molecule has 11 heteroatoms. The van der Waals surface area contributed by atoms with E-state index in [1.165, 1.54) is 12.3 Å². The zero-order valence-electron chi connectivity index (χ0n) is 15.2. The maximum absolute atomic E-state index is 12.8. The van der Waals surface area contributed by atoms with Crippen molar-refractivity contribution in [1.29, 1.82) is 0 Å². The van der Waals surface area contributed by atoms with Crippen LogP contribution >= 0.6 is 0 Å². The molecule has 0 radical (unpaired) electrons. The maximum atomic E-state index is 12.8. The molecule has 0 spiro atoms. The number of carbonyl (C=O) groups is 1. The Balaban J connectivity index is 2.02. The third-order valence-corrected chi connectivity index (χ3v) is 6.10. The van der Waals surface area contributed by atoms with Crippen LogP contribution in [0.4, 0.5) is 29.3 Å². The van der Waals surface area contributed by atoms with Crippen molar-refractivity contribution in [3.8, 4) is 0 Å². The second kappa shape index (κ2) is 7.53. The van der Waals surface area contributed by atoms with E-state index in [9.17, 15) is 26.4 Å². The fourth-order valence-electron chi connectivity index (χ4n) is 2.50. The first-order valence-corrected chi connectivity index (χ1v) is 10.1. The van der Waals surface area contributed by atoms with Crippen LogP contribution in [0.15, 0.2) is 12.3 Å². The quantitative estimate of drug-likeness (QED) is 0.776. The average molecular weight is 409 g/mol. The second-order valence-corrected chi connectivity index (χ2v) is 9.29. The first kappa shape index (κ1) is 21.3. The number of aromatic nitrogens is 1. The van der Waals surface area contributed by atoms with Gasteiger partial charge < -0.3 is 10.1 Å². The SMILES string of the molecule is CCS(=O)(=O)CC1CNc2cc(NC(=O)OC(C)(C)C(F)(F)F)cnc2C1. The van der Waals surface area contributed by atoms with Gasteiger partial charge >= 0.3 is 12.3 Å². The second-order valence-electron chi connectivity index (χ2n) is 6.89. The van der Waals surface area contributed by atoms with Crippen LogP contribution in [0, 0.1) is 5.92 Å². The molecule has 0 fully saturated rings. The summed E-state index contributed by atoms with van der Waals surface area (Å²) in [6.45, 7) is 3.52. The Hall–Kier alpha value is -2.04. The number of nitrogens with one attached hydrogen (secondary N) is 2. The predicted octanol–water partition coefficient (Wildman–Crippen LogP) is 2.99. The summed E-state index contributed by atoms with van der Waals surface area (Å²) >= 11 is 0. The number of anilines is 2. The Morgan fingerprint density at radius 2 is 2.07 bits per heavy atom. The van der Waals surface area contributed by atoms with E-state index in [4.69, 9.17) is 0 Å². The number of amides is 1. The van der Waals surface area contributed by atoms with E-state index in [0.717, 1.165) is 13.8 Å². The molecule has 1 aliphatic rings. The fraction of sp³-hybridized carbons (Fsp3) is 0.625. The minimum Gasteiger partial charge on any atom is -0.434 e. The third kappa shape index (κ3) is 5.47. The summed E-state index contributed by atoms with van der Waals surface area (Å²) in [7, 11) is -3.11. The van der Waals surface area contributed by atoms with Crippen LogP contribution in [0.25, 0.3) is 0 Å². The van der Waals surface area contributed by atoms with E-state index in [-0.39, 0.29) is 23.1 Å². The molecule has 1 aliphatic heterocycles. The lowest BCUT2D eigenvalue weighted by atomic mass is 9.99. The number of hydrogen-bond donors (Lipinski definition) is 2. The largest absolute Gasteiger partial charge is 0.434 e. The maximum Gasteiger partial charge on any atom is 0.427 e. The van der Waals surface area contributed by atoms with Gasteiger partial charge in [-0.3, -0.25) is 10.3 Å². The summed E-state index contributed by atoms with van der Waals surface area (Å²) in [4.78, 5) is 15.9. The van der Waals surface area contributed by atoms with E-state index in [2.05, 4.69) is 20.4 Å². The summed E-state index contributed by atoms with van der Waals surface area (Å²) in [6, 6.07) is 1.52. The van der Waals surface area contributed by atoms with Gasteiger partial charge in [-0.2, -0.15) is 13.2 Å². The highest BCUT2D eigenvalue weighted by Crippen LogP contribution is 2.33. The highest BCUT2D eigenvalue weighted by Gasteiger charge is 2.51. The van der Waals surface area contributed by atoms with Crippen molar-refractivity contribution < 1.29 is 31.1 Å². The number of carbonyl (C=O) groups excluding carboxylic acids is 1. The fourth-order valence-corrected chi connectivity index (χ4v) is 3.69. The van der Waals surface area contributed by atoms with E-state index < -0.39 is 27.7 Å². The number of hydrogen-bond acceptors (Lipinski definition) is 6. The van der Waals surface area contributed by atoms with Crippen molar-refractivity contribution >= 4 is 27.3 Å². The van der Waals surface area contributed by atoms with Gasteiger partial charge in [0, 0.05) is 12.3 Å². The van der Waals surface area contributed by atoms with Gasteiger partial charge in [0.15, 0.2) is 0 Å². The van der Waals surface area contributed by atoms with Gasteiger partial charge in [-0.15, -0.1) is 0 Å². The zero-order valence-corrected chi connectivity index (χ0v) is 16.0. The number of nitrogens with zero attached hydrogens (tertiary/aromatic N) is 1. The smallest absolute Gasteiger partial charge is 0.427 e. The lowest BCUT2D eigenvalue weighted by Crippen LogP contribution is -2.44. The molecule has 7 nitrogen and oxygen atoms in total. The molecule has 0 saturated carbocycles. The van der Waals surface area contributed by atoms with Crippen LogP contribution in [-0.2, 0) is 21.0 Å². The molecule has 2 rings (SSSR count). The monoisotopic (exact) mass is 409 g/mol. The number of fused-ring (bicyclic) bond motifs is 1. The van der Waals surface area contributed by atoms with Crippen LogP contribution in [-0.4, -0.2) is 49.3 Å². The Morgan fingerprint density at radius 3 is 2.67 bits per heavy atom. The van der Waals surface area contributed by atoms with Gasteiger partial charge in [-0.1, -0.05) is 6.92 Å². The summed E-state index contributed by atoms with van der Waals surface area (Å²) in [5.41, 5.74) is -1.24. The molecule has 0 bridgehead atoms. The van der Waals surface area contributed by atoms with E-state index in [0.29, 0.717) is 24.3 Å². The summed E-state index contributed by atoms with van der Waals surface area (Å²) < 4.78 is 66.2. The molecule has 0 saturated heterocycles. The molecule has 2 heterocycles. The average Bonchev–Trinajstić information content (AvgIpc) is 2.53. The number of halogens is 3. The minimum absolute atomic E-state index is 0.0521. The Labute approximate surface area is 155 Å². The molecule has 0 aliphatic carbocycles. The first-order valence-electron chi connectivity index (χ1n) is 8.33. The molecule has 27 heavy (non-hydrogen) atoms. The molecule has 1 aromatic heterocycles. The number of sulfone groups is 1. The van der Waals surface area contributed by atoms with Gasteiger partial charge in [0.1, 0.15) is 9.84 Å². The predicted molar refractivity (Wildman–Crippen MR) is 94.5 cm³/mol. The number of rotatable bonds is 5. The molecule has 1 amide bonds. The first-order chi connectivity index (χ1) is 12.3. The minimum atomic E-state index is -4.70. The van der Waals surface area contributed by atoms with Crippen LogP contribution in [0.3, 0.4) is 0 Å². The molecule has 1 unspecified atom stereocenters. The molecule has 1 aromatic rings. The zero-order chi connectivity index (χ0) is 20.5. The van der Waals surface area contributed by atoms with Gasteiger partial charge in [0.05, 0.1) is 29.0 Å². The number of ether oxygens (including phenoxy) is 1. The van der Waals surface area contributed by atoms with Crippen molar-refractivity contribution in [3.63, 3.8) is 0 Å². The molecule has 2 N–H and O–H groups in total. The van der Waals surface area contributed by atoms with Crippen LogP contribution in [0.5, 0.6) is 0 Å². The van der Waals surface area contributed by atoms with Crippen molar-refractivity contribution in [2.24, 2.45) is 5.92 Å². The van der Waals surface area contributed by atoms with Crippen molar-refractivity contribution in [1.82, 2.24) is 4.98 Å². The molecule has 152 valence electrons. The Kier molecular flexibility index (Phi) is 5.93. The van der Waals surface area contributed by atoms with Gasteiger partial charge in [-0.05, 0) is 32.3 Å². The van der Waals surface area contributed by atoms with Crippen LogP contribution < -0.4 is 10.6 Å². The van der Waals surface area contributed by atoms with E-state index in [1.807, 2.05) is 0 Å². The summed E-state index contributed by atoms with van der Waals surface area (Å²) in [5, 5.41) is 5.27. The van der Waals surface area contributed by atoms with Crippen LogP contribution in [0.1, 0.15) is 26.5 Å². The topological polar surface area (TPSA) is 97.4 Å². The summed E-state index contributed by atoms with van der Waals surface area (Å²) in [6.07, 6.45) is -4.21. The normalized spacial score (nSPS) is 17.6. The molecular weight excluding hydrogens is 387 g/mol. The molecule has 0 aromatic carbocycles. The van der Waals surface area contributed by atoms with Crippen molar-refractivity contribution in [2.75, 3.05) is 28.7 Å². The van der Waals surface area contributed by atoms with E-state index >= 15 is 0 Å².